The number of nitriles is 1. The van der Waals surface area contributed by atoms with Crippen molar-refractivity contribution in [2.45, 2.75) is 12.1 Å². The van der Waals surface area contributed by atoms with Crippen LogP contribution in [-0.4, -0.2) is 26.4 Å². The van der Waals surface area contributed by atoms with Gasteiger partial charge in [-0.25, -0.2) is 0 Å². The summed E-state index contributed by atoms with van der Waals surface area (Å²) in [5, 5.41) is 20.9. The molecule has 3 rings (SSSR count). The molecule has 0 aliphatic rings. The standard InChI is InChI=1S/C19H17N5OS/c1-13-7-9-14(10-8-13)18-22-23-19(24(18)2)26-12-17(25)21-16-6-4-3-5-15(16)11-20/h3-10H,12H2,1-2H3,(H,21,25). The topological polar surface area (TPSA) is 83.6 Å². The average molecular weight is 363 g/mol. The Bertz CT molecular complexity index is 972. The van der Waals surface area contributed by atoms with Crippen LogP contribution in [0.5, 0.6) is 0 Å². The third-order valence-corrected chi connectivity index (χ3v) is 4.82. The summed E-state index contributed by atoms with van der Waals surface area (Å²) in [6.45, 7) is 2.03. The van der Waals surface area contributed by atoms with Gasteiger partial charge in [0.05, 0.1) is 17.0 Å². The van der Waals surface area contributed by atoms with E-state index in [1.165, 1.54) is 17.3 Å². The molecule has 0 saturated carbocycles. The van der Waals surface area contributed by atoms with E-state index in [1.54, 1.807) is 24.3 Å². The molecule has 0 saturated heterocycles. The summed E-state index contributed by atoms with van der Waals surface area (Å²) in [6, 6.07) is 17.0. The number of amides is 1. The number of thioether (sulfide) groups is 1. The molecule has 0 aliphatic heterocycles. The van der Waals surface area contributed by atoms with Crippen molar-refractivity contribution in [3.8, 4) is 17.5 Å². The summed E-state index contributed by atoms with van der Waals surface area (Å²) in [7, 11) is 1.88. The zero-order valence-electron chi connectivity index (χ0n) is 14.4. The molecular formula is C19H17N5OS. The molecule has 1 amide bonds. The van der Waals surface area contributed by atoms with Crippen molar-refractivity contribution >= 4 is 23.4 Å². The van der Waals surface area contributed by atoms with E-state index in [0.29, 0.717) is 16.4 Å². The summed E-state index contributed by atoms with van der Waals surface area (Å²) in [4.78, 5) is 12.2. The number of aryl methyl sites for hydroxylation is 1. The average Bonchev–Trinajstić information content (AvgIpc) is 3.02. The second-order valence-corrected chi connectivity index (χ2v) is 6.67. The molecule has 2 aromatic carbocycles. The Labute approximate surface area is 155 Å². The monoisotopic (exact) mass is 363 g/mol. The van der Waals surface area contributed by atoms with Crippen LogP contribution in [0.25, 0.3) is 11.4 Å². The Kier molecular flexibility index (Phi) is 5.34. The summed E-state index contributed by atoms with van der Waals surface area (Å²) in [6.07, 6.45) is 0. The molecule has 3 aromatic rings. The lowest BCUT2D eigenvalue weighted by molar-refractivity contribution is -0.113. The molecule has 1 N–H and O–H groups in total. The molecule has 7 heteroatoms. The zero-order chi connectivity index (χ0) is 18.5. The van der Waals surface area contributed by atoms with E-state index in [1.807, 2.05) is 42.8 Å². The first kappa shape index (κ1) is 17.7. The van der Waals surface area contributed by atoms with Crippen molar-refractivity contribution < 1.29 is 4.79 Å². The molecule has 1 aromatic heterocycles. The second-order valence-electron chi connectivity index (χ2n) is 5.73. The highest BCUT2D eigenvalue weighted by Gasteiger charge is 2.13. The van der Waals surface area contributed by atoms with Crippen molar-refractivity contribution in [2.75, 3.05) is 11.1 Å². The minimum Gasteiger partial charge on any atom is -0.324 e. The minimum atomic E-state index is -0.197. The van der Waals surface area contributed by atoms with E-state index in [9.17, 15) is 4.79 Å². The van der Waals surface area contributed by atoms with Crippen LogP contribution in [0.2, 0.25) is 0 Å². The first-order valence-corrected chi connectivity index (χ1v) is 8.95. The summed E-state index contributed by atoms with van der Waals surface area (Å²) < 4.78 is 1.87. The molecule has 0 fully saturated rings. The lowest BCUT2D eigenvalue weighted by atomic mass is 10.1. The second kappa shape index (κ2) is 7.85. The minimum absolute atomic E-state index is 0.180. The van der Waals surface area contributed by atoms with Gasteiger partial charge in [0.25, 0.3) is 0 Å². The number of para-hydroxylation sites is 1. The lowest BCUT2D eigenvalue weighted by Gasteiger charge is -2.07. The maximum atomic E-state index is 12.2. The number of carbonyl (C=O) groups is 1. The molecule has 0 bridgehead atoms. The predicted molar refractivity (Wildman–Crippen MR) is 102 cm³/mol. The molecule has 0 atom stereocenters. The van der Waals surface area contributed by atoms with Crippen molar-refractivity contribution in [3.05, 3.63) is 59.7 Å². The van der Waals surface area contributed by atoms with Gasteiger partial charge < -0.3 is 9.88 Å². The number of aromatic nitrogens is 3. The van der Waals surface area contributed by atoms with E-state index in [2.05, 4.69) is 21.6 Å². The Morgan fingerprint density at radius 3 is 2.65 bits per heavy atom. The molecule has 6 nitrogen and oxygen atoms in total. The van der Waals surface area contributed by atoms with Crippen LogP contribution in [-0.2, 0) is 11.8 Å². The molecule has 1 heterocycles. The molecule has 0 aliphatic carbocycles. The van der Waals surface area contributed by atoms with Gasteiger partial charge in [0.15, 0.2) is 11.0 Å². The van der Waals surface area contributed by atoms with Gasteiger partial charge in [0.1, 0.15) is 6.07 Å². The fourth-order valence-electron chi connectivity index (χ4n) is 2.40. The predicted octanol–water partition coefficient (Wildman–Crippen LogP) is 3.39. The van der Waals surface area contributed by atoms with Crippen molar-refractivity contribution in [2.24, 2.45) is 7.05 Å². The van der Waals surface area contributed by atoms with Gasteiger partial charge in [-0.15, -0.1) is 10.2 Å². The Balaban J connectivity index is 1.66. The SMILES string of the molecule is Cc1ccc(-c2nnc(SCC(=O)Nc3ccccc3C#N)n2C)cc1. The first-order valence-electron chi connectivity index (χ1n) is 7.96. The van der Waals surface area contributed by atoms with E-state index < -0.39 is 0 Å². The molecule has 0 radical (unpaired) electrons. The number of hydrogen-bond donors (Lipinski definition) is 1. The maximum absolute atomic E-state index is 12.2. The number of hydrogen-bond acceptors (Lipinski definition) is 5. The highest BCUT2D eigenvalue weighted by Crippen LogP contribution is 2.23. The van der Waals surface area contributed by atoms with E-state index >= 15 is 0 Å². The van der Waals surface area contributed by atoms with Gasteiger partial charge in [0.2, 0.25) is 5.91 Å². The Morgan fingerprint density at radius 2 is 1.92 bits per heavy atom. The number of nitrogens with zero attached hydrogens (tertiary/aromatic N) is 4. The van der Waals surface area contributed by atoms with Crippen LogP contribution >= 0.6 is 11.8 Å². The molecule has 0 unspecified atom stereocenters. The van der Waals surface area contributed by atoms with Crippen LogP contribution in [0.1, 0.15) is 11.1 Å². The number of carbonyl (C=O) groups excluding carboxylic acids is 1. The fraction of sp³-hybridized carbons (Fsp3) is 0.158. The first-order chi connectivity index (χ1) is 12.6. The maximum Gasteiger partial charge on any atom is 0.234 e. The van der Waals surface area contributed by atoms with Gasteiger partial charge in [-0.3, -0.25) is 4.79 Å². The summed E-state index contributed by atoms with van der Waals surface area (Å²) in [5.74, 6) is 0.736. The quantitative estimate of drug-likeness (QED) is 0.703. The third-order valence-electron chi connectivity index (χ3n) is 3.80. The van der Waals surface area contributed by atoms with Gasteiger partial charge in [0, 0.05) is 12.6 Å². The molecular weight excluding hydrogens is 346 g/mol. The van der Waals surface area contributed by atoms with Crippen LogP contribution in [0.4, 0.5) is 5.69 Å². The molecule has 130 valence electrons. The van der Waals surface area contributed by atoms with Crippen LogP contribution in [0.15, 0.2) is 53.7 Å². The van der Waals surface area contributed by atoms with Crippen molar-refractivity contribution in [1.82, 2.24) is 14.8 Å². The normalized spacial score (nSPS) is 10.3. The van der Waals surface area contributed by atoms with Crippen LogP contribution in [0.3, 0.4) is 0 Å². The van der Waals surface area contributed by atoms with Crippen molar-refractivity contribution in [1.29, 1.82) is 5.26 Å². The van der Waals surface area contributed by atoms with E-state index in [0.717, 1.165) is 11.4 Å². The molecule has 26 heavy (non-hydrogen) atoms. The number of rotatable bonds is 5. The highest BCUT2D eigenvalue weighted by atomic mass is 32.2. The fourth-order valence-corrected chi connectivity index (χ4v) is 3.11. The number of anilines is 1. The van der Waals surface area contributed by atoms with Crippen molar-refractivity contribution in [3.63, 3.8) is 0 Å². The third kappa shape index (κ3) is 3.92. The largest absolute Gasteiger partial charge is 0.324 e. The Morgan fingerprint density at radius 1 is 1.19 bits per heavy atom. The molecule has 0 spiro atoms. The number of nitrogens with one attached hydrogen (secondary N) is 1. The highest BCUT2D eigenvalue weighted by molar-refractivity contribution is 7.99. The van der Waals surface area contributed by atoms with Crippen LogP contribution < -0.4 is 5.32 Å². The van der Waals surface area contributed by atoms with Gasteiger partial charge >= 0.3 is 0 Å². The summed E-state index contributed by atoms with van der Waals surface area (Å²) >= 11 is 1.30. The summed E-state index contributed by atoms with van der Waals surface area (Å²) in [5.41, 5.74) is 3.11. The number of benzene rings is 2. The van der Waals surface area contributed by atoms with E-state index in [-0.39, 0.29) is 11.7 Å². The Hall–Kier alpha value is -3.11. The smallest absolute Gasteiger partial charge is 0.234 e. The van der Waals surface area contributed by atoms with Gasteiger partial charge in [-0.05, 0) is 19.1 Å². The lowest BCUT2D eigenvalue weighted by Crippen LogP contribution is -2.15. The van der Waals surface area contributed by atoms with Gasteiger partial charge in [-0.1, -0.05) is 53.7 Å². The zero-order valence-corrected chi connectivity index (χ0v) is 15.2. The van der Waals surface area contributed by atoms with E-state index in [4.69, 9.17) is 5.26 Å². The van der Waals surface area contributed by atoms with Crippen LogP contribution in [0, 0.1) is 18.3 Å². The van der Waals surface area contributed by atoms with Gasteiger partial charge in [-0.2, -0.15) is 5.26 Å².